The summed E-state index contributed by atoms with van der Waals surface area (Å²) < 4.78 is 37.2. The van der Waals surface area contributed by atoms with Gasteiger partial charge in [0.1, 0.15) is 23.6 Å². The number of halogens is 2. The highest BCUT2D eigenvalue weighted by atomic mass is 19.1. The fourth-order valence-corrected chi connectivity index (χ4v) is 3.56. The van der Waals surface area contributed by atoms with Gasteiger partial charge in [0.25, 0.3) is 5.91 Å². The molecule has 0 aliphatic heterocycles. The van der Waals surface area contributed by atoms with Crippen molar-refractivity contribution in [3.63, 3.8) is 0 Å². The molecule has 0 fully saturated rings. The van der Waals surface area contributed by atoms with Gasteiger partial charge in [0.05, 0.1) is 13.7 Å². The lowest BCUT2D eigenvalue weighted by atomic mass is 10.1. The van der Waals surface area contributed by atoms with Gasteiger partial charge < -0.3 is 14.5 Å². The van der Waals surface area contributed by atoms with Crippen LogP contribution in [0.25, 0.3) is 0 Å². The molecular formula is C27H25F2N3O3. The number of hydrogen-bond donors (Lipinski definition) is 1. The first-order valence-electron chi connectivity index (χ1n) is 11.1. The molecule has 4 aromatic rings. The van der Waals surface area contributed by atoms with E-state index in [1.165, 1.54) is 30.5 Å². The van der Waals surface area contributed by atoms with E-state index in [1.807, 2.05) is 24.3 Å². The molecule has 4 rings (SSSR count). The van der Waals surface area contributed by atoms with Crippen molar-refractivity contribution in [2.75, 3.05) is 7.11 Å². The van der Waals surface area contributed by atoms with Gasteiger partial charge in [-0.25, -0.2) is 13.8 Å². The predicted octanol–water partition coefficient (Wildman–Crippen LogP) is 5.09. The minimum absolute atomic E-state index is 0.160. The summed E-state index contributed by atoms with van der Waals surface area (Å²) in [6.07, 6.45) is 1.32. The van der Waals surface area contributed by atoms with Crippen LogP contribution in [-0.2, 0) is 26.2 Å². The fourth-order valence-electron chi connectivity index (χ4n) is 3.56. The van der Waals surface area contributed by atoms with Gasteiger partial charge >= 0.3 is 0 Å². The van der Waals surface area contributed by atoms with Gasteiger partial charge in [-0.15, -0.1) is 0 Å². The van der Waals surface area contributed by atoms with Gasteiger partial charge in [0.15, 0.2) is 5.69 Å². The highest BCUT2D eigenvalue weighted by molar-refractivity contribution is 5.91. The second kappa shape index (κ2) is 11.4. The number of rotatable bonds is 10. The van der Waals surface area contributed by atoms with Crippen LogP contribution < -0.4 is 10.1 Å². The summed E-state index contributed by atoms with van der Waals surface area (Å²) in [5.74, 6) is 0.139. The lowest BCUT2D eigenvalue weighted by molar-refractivity contribution is 0.0945. The number of carbonyl (C=O) groups excluding carboxylic acids is 1. The van der Waals surface area contributed by atoms with Gasteiger partial charge in [-0.2, -0.15) is 0 Å². The first-order valence-corrected chi connectivity index (χ1v) is 11.1. The summed E-state index contributed by atoms with van der Waals surface area (Å²) >= 11 is 0. The Balaban J connectivity index is 1.43. The van der Waals surface area contributed by atoms with Gasteiger partial charge in [-0.05, 0) is 53.1 Å². The molecular weight excluding hydrogens is 452 g/mol. The predicted molar refractivity (Wildman–Crippen MR) is 126 cm³/mol. The van der Waals surface area contributed by atoms with Crippen molar-refractivity contribution >= 4 is 5.91 Å². The third-order valence-electron chi connectivity index (χ3n) is 5.39. The van der Waals surface area contributed by atoms with Crippen LogP contribution in [0.4, 0.5) is 8.78 Å². The molecule has 0 saturated heterocycles. The highest BCUT2D eigenvalue weighted by Crippen LogP contribution is 2.17. The first kappa shape index (κ1) is 24.1. The lowest BCUT2D eigenvalue weighted by Gasteiger charge is -2.21. The number of nitrogens with zero attached hydrogens (tertiary/aromatic N) is 2. The van der Waals surface area contributed by atoms with E-state index in [0.717, 1.165) is 22.4 Å². The van der Waals surface area contributed by atoms with Crippen LogP contribution in [0, 0.1) is 11.6 Å². The Morgan fingerprint density at radius 1 is 0.857 bits per heavy atom. The van der Waals surface area contributed by atoms with Crippen molar-refractivity contribution in [3.05, 3.63) is 119 Å². The number of nitrogens with one attached hydrogen (secondary N) is 1. The Morgan fingerprint density at radius 3 is 1.97 bits per heavy atom. The molecule has 1 amide bonds. The number of ether oxygens (including phenoxy) is 1. The molecule has 180 valence electrons. The number of hydrogen-bond acceptors (Lipinski definition) is 5. The van der Waals surface area contributed by atoms with Crippen molar-refractivity contribution in [1.29, 1.82) is 0 Å². The highest BCUT2D eigenvalue weighted by Gasteiger charge is 2.16. The third-order valence-corrected chi connectivity index (χ3v) is 5.39. The second-order valence-corrected chi connectivity index (χ2v) is 8.06. The maximum Gasteiger partial charge on any atom is 0.273 e. The quantitative estimate of drug-likeness (QED) is 0.345. The van der Waals surface area contributed by atoms with Crippen LogP contribution in [0.3, 0.4) is 0 Å². The summed E-state index contributed by atoms with van der Waals surface area (Å²) in [6, 6.07) is 19.9. The molecule has 0 saturated carbocycles. The molecule has 1 aromatic heterocycles. The first-order chi connectivity index (χ1) is 17.0. The lowest BCUT2D eigenvalue weighted by Crippen LogP contribution is -2.24. The molecule has 6 nitrogen and oxygen atoms in total. The average molecular weight is 478 g/mol. The minimum atomic E-state index is -0.385. The molecule has 3 aromatic carbocycles. The zero-order chi connectivity index (χ0) is 24.6. The van der Waals surface area contributed by atoms with Crippen LogP contribution in [-0.4, -0.2) is 22.9 Å². The van der Waals surface area contributed by atoms with Crippen LogP contribution >= 0.6 is 0 Å². The summed E-state index contributed by atoms with van der Waals surface area (Å²) in [6.45, 7) is 1.70. The molecule has 0 aliphatic carbocycles. The van der Waals surface area contributed by atoms with Crippen molar-refractivity contribution < 1.29 is 22.7 Å². The SMILES string of the molecule is COc1ccc(CN(Cc2ccc(F)cc2)Cc2nc(C(=O)NCc3ccc(F)cc3)co2)cc1. The number of benzene rings is 3. The number of aromatic nitrogens is 1. The Hall–Kier alpha value is -4.04. The van der Waals surface area contributed by atoms with E-state index in [0.29, 0.717) is 25.5 Å². The maximum absolute atomic E-state index is 13.4. The van der Waals surface area contributed by atoms with Gasteiger partial charge in [0, 0.05) is 19.6 Å². The van der Waals surface area contributed by atoms with Gasteiger partial charge in [0.2, 0.25) is 5.89 Å². The summed E-state index contributed by atoms with van der Waals surface area (Å²) in [4.78, 5) is 18.9. The fraction of sp³-hybridized carbons (Fsp3) is 0.185. The molecule has 35 heavy (non-hydrogen) atoms. The summed E-state index contributed by atoms with van der Waals surface area (Å²) in [5, 5.41) is 2.75. The van der Waals surface area contributed by atoms with E-state index < -0.39 is 0 Å². The van der Waals surface area contributed by atoms with E-state index in [1.54, 1.807) is 31.4 Å². The Bertz CT molecular complexity index is 1240. The van der Waals surface area contributed by atoms with Gasteiger partial charge in [-0.1, -0.05) is 36.4 Å². The van der Waals surface area contributed by atoms with Crippen molar-refractivity contribution in [2.24, 2.45) is 0 Å². The van der Waals surface area contributed by atoms with Crippen LogP contribution in [0.1, 0.15) is 33.1 Å². The maximum atomic E-state index is 13.4. The molecule has 1 heterocycles. The van der Waals surface area contributed by atoms with Crippen LogP contribution in [0.15, 0.2) is 83.5 Å². The molecule has 8 heteroatoms. The third kappa shape index (κ3) is 6.97. The Morgan fingerprint density at radius 2 is 1.40 bits per heavy atom. The van der Waals surface area contributed by atoms with E-state index in [9.17, 15) is 13.6 Å². The smallest absolute Gasteiger partial charge is 0.273 e. The standard InChI is InChI=1S/C27H25F2N3O3/c1-34-24-12-6-21(7-13-24)16-32(15-20-4-10-23(29)11-5-20)17-26-31-25(18-35-26)27(33)30-14-19-2-8-22(28)9-3-19/h2-13,18H,14-17H2,1H3,(H,30,33). The summed E-state index contributed by atoms with van der Waals surface area (Å²) in [5.41, 5.74) is 2.92. The summed E-state index contributed by atoms with van der Waals surface area (Å²) in [7, 11) is 1.62. The molecule has 0 spiro atoms. The number of oxazole rings is 1. The zero-order valence-electron chi connectivity index (χ0n) is 19.2. The molecule has 0 unspecified atom stereocenters. The van der Waals surface area contributed by atoms with Gasteiger partial charge in [-0.3, -0.25) is 9.69 Å². The molecule has 0 bridgehead atoms. The average Bonchev–Trinajstić information content (AvgIpc) is 3.34. The number of amides is 1. The van der Waals surface area contributed by atoms with Crippen molar-refractivity contribution in [2.45, 2.75) is 26.2 Å². The number of methoxy groups -OCH3 is 1. The van der Waals surface area contributed by atoms with Crippen LogP contribution in [0.2, 0.25) is 0 Å². The van der Waals surface area contributed by atoms with E-state index in [2.05, 4.69) is 15.2 Å². The monoisotopic (exact) mass is 477 g/mol. The van der Waals surface area contributed by atoms with E-state index >= 15 is 0 Å². The molecule has 0 radical (unpaired) electrons. The van der Waals surface area contributed by atoms with E-state index in [4.69, 9.17) is 9.15 Å². The van der Waals surface area contributed by atoms with Crippen molar-refractivity contribution in [3.8, 4) is 5.75 Å². The molecule has 0 aliphatic rings. The largest absolute Gasteiger partial charge is 0.497 e. The second-order valence-electron chi connectivity index (χ2n) is 8.06. The minimum Gasteiger partial charge on any atom is -0.497 e. The van der Waals surface area contributed by atoms with E-state index in [-0.39, 0.29) is 29.8 Å². The molecule has 1 N–H and O–H groups in total. The topological polar surface area (TPSA) is 67.6 Å². The molecule has 0 atom stereocenters. The van der Waals surface area contributed by atoms with Crippen molar-refractivity contribution in [1.82, 2.24) is 15.2 Å². The normalized spacial score (nSPS) is 11.0. The Kier molecular flexibility index (Phi) is 7.84. The number of carbonyl (C=O) groups is 1. The Labute approximate surface area is 202 Å². The zero-order valence-corrected chi connectivity index (χ0v) is 19.2. The van der Waals surface area contributed by atoms with Crippen LogP contribution in [0.5, 0.6) is 5.75 Å².